The van der Waals surface area contributed by atoms with Gasteiger partial charge in [-0.25, -0.2) is 0 Å². The molecule has 164 valence electrons. The lowest BCUT2D eigenvalue weighted by Gasteiger charge is -2.13. The second-order valence-electron chi connectivity index (χ2n) is 7.00. The molecule has 0 aliphatic heterocycles. The number of nitro groups is 1. The molecule has 0 spiro atoms. The number of hydrogen-bond donors (Lipinski definition) is 1. The number of benzene rings is 1. The molecule has 1 aromatic carbocycles. The van der Waals surface area contributed by atoms with E-state index in [9.17, 15) is 28.1 Å². The monoisotopic (exact) mass is 436 g/mol. The Balaban J connectivity index is 1.78. The van der Waals surface area contributed by atoms with Crippen LogP contribution in [0.3, 0.4) is 0 Å². The molecule has 0 aliphatic carbocycles. The highest BCUT2D eigenvalue weighted by atomic mass is 19.4. The van der Waals surface area contributed by atoms with E-state index in [0.29, 0.717) is 22.6 Å². The average Bonchev–Trinajstić information content (AvgIpc) is 3.28. The molecule has 1 amide bonds. The van der Waals surface area contributed by atoms with Crippen molar-refractivity contribution in [2.45, 2.75) is 39.5 Å². The Hall–Kier alpha value is -3.70. The summed E-state index contributed by atoms with van der Waals surface area (Å²) >= 11 is 0. The number of nitrogens with zero attached hydrogens (tertiary/aromatic N) is 5. The summed E-state index contributed by atoms with van der Waals surface area (Å²) in [7, 11) is 0. The van der Waals surface area contributed by atoms with Crippen molar-refractivity contribution in [3.8, 4) is 0 Å². The molecule has 9 nitrogen and oxygen atoms in total. The molecule has 0 bridgehead atoms. The second kappa shape index (κ2) is 8.20. The molecule has 0 aliphatic rings. The van der Waals surface area contributed by atoms with Crippen molar-refractivity contribution in [3.63, 3.8) is 0 Å². The van der Waals surface area contributed by atoms with Gasteiger partial charge in [0.1, 0.15) is 18.4 Å². The van der Waals surface area contributed by atoms with Crippen LogP contribution in [0.2, 0.25) is 0 Å². The molecule has 3 rings (SSSR count). The van der Waals surface area contributed by atoms with Crippen LogP contribution in [0.4, 0.5) is 24.5 Å². The van der Waals surface area contributed by atoms with Gasteiger partial charge in [0.05, 0.1) is 34.1 Å². The van der Waals surface area contributed by atoms with Crippen LogP contribution in [-0.4, -0.2) is 30.4 Å². The maximum Gasteiger partial charge on any atom is 0.416 e. The number of rotatable bonds is 6. The molecule has 1 atom stereocenters. The number of carbonyl (C=O) groups is 1. The zero-order chi connectivity index (χ0) is 22.9. The first-order valence-electron chi connectivity index (χ1n) is 9.17. The normalized spacial score (nSPS) is 12.6. The van der Waals surface area contributed by atoms with Crippen LogP contribution in [0.1, 0.15) is 35.5 Å². The van der Waals surface area contributed by atoms with Crippen molar-refractivity contribution in [3.05, 3.63) is 69.3 Å². The van der Waals surface area contributed by atoms with Gasteiger partial charge in [-0.05, 0) is 38.5 Å². The van der Waals surface area contributed by atoms with Crippen molar-refractivity contribution in [2.24, 2.45) is 0 Å². The quantitative estimate of drug-likeness (QED) is 0.466. The van der Waals surface area contributed by atoms with Crippen molar-refractivity contribution in [1.29, 1.82) is 0 Å². The molecule has 0 radical (unpaired) electrons. The van der Waals surface area contributed by atoms with Crippen molar-refractivity contribution in [1.82, 2.24) is 19.6 Å². The van der Waals surface area contributed by atoms with Crippen molar-refractivity contribution >= 4 is 17.3 Å². The molecular weight excluding hydrogens is 417 g/mol. The Kier molecular flexibility index (Phi) is 5.82. The number of aryl methyl sites for hydroxylation is 1. The van der Waals surface area contributed by atoms with E-state index in [0.717, 1.165) is 24.5 Å². The number of alkyl halides is 3. The Bertz CT molecular complexity index is 1140. The molecule has 0 fully saturated rings. The van der Waals surface area contributed by atoms with E-state index >= 15 is 0 Å². The van der Waals surface area contributed by atoms with E-state index in [2.05, 4.69) is 15.5 Å². The molecule has 1 unspecified atom stereocenters. The minimum atomic E-state index is -4.44. The van der Waals surface area contributed by atoms with Gasteiger partial charge in [-0.3, -0.25) is 24.3 Å². The topological polar surface area (TPSA) is 108 Å². The highest BCUT2D eigenvalue weighted by Crippen LogP contribution is 2.30. The van der Waals surface area contributed by atoms with Crippen LogP contribution in [0.15, 0.2) is 36.7 Å². The van der Waals surface area contributed by atoms with E-state index < -0.39 is 28.6 Å². The molecule has 2 heterocycles. The zero-order valence-electron chi connectivity index (χ0n) is 16.8. The van der Waals surface area contributed by atoms with Crippen LogP contribution in [0.25, 0.3) is 0 Å². The molecule has 12 heteroatoms. The maximum absolute atomic E-state index is 12.9. The van der Waals surface area contributed by atoms with Crippen LogP contribution in [-0.2, 0) is 17.5 Å². The third-order valence-corrected chi connectivity index (χ3v) is 4.79. The van der Waals surface area contributed by atoms with Crippen LogP contribution in [0, 0.1) is 24.0 Å². The fraction of sp³-hybridized carbons (Fsp3) is 0.316. The van der Waals surface area contributed by atoms with Crippen molar-refractivity contribution < 1.29 is 22.9 Å². The first-order valence-corrected chi connectivity index (χ1v) is 9.17. The standard InChI is InChI=1S/C19H19F3N6O3/c1-11-17(24-18(29)13(3)26-10-16(8-23-26)28(30)31)12(2)27(25-11)9-14-5-4-6-15(7-14)19(20,21)22/h4-8,10,13H,9H2,1-3H3,(H,24,29). The number of aromatic nitrogens is 4. The average molecular weight is 436 g/mol. The van der Waals surface area contributed by atoms with Gasteiger partial charge in [0.2, 0.25) is 5.91 Å². The largest absolute Gasteiger partial charge is 0.416 e. The van der Waals surface area contributed by atoms with E-state index in [1.54, 1.807) is 19.9 Å². The van der Waals surface area contributed by atoms with Gasteiger partial charge >= 0.3 is 11.9 Å². The lowest BCUT2D eigenvalue weighted by atomic mass is 10.1. The first kappa shape index (κ1) is 22.0. The Morgan fingerprint density at radius 3 is 2.65 bits per heavy atom. The number of nitrogens with one attached hydrogen (secondary N) is 1. The summed E-state index contributed by atoms with van der Waals surface area (Å²) in [6.45, 7) is 4.97. The fourth-order valence-electron chi connectivity index (χ4n) is 3.03. The number of anilines is 1. The van der Waals surface area contributed by atoms with Gasteiger partial charge in [-0.1, -0.05) is 12.1 Å². The van der Waals surface area contributed by atoms with Gasteiger partial charge < -0.3 is 5.32 Å². The highest BCUT2D eigenvalue weighted by molar-refractivity contribution is 5.94. The predicted octanol–water partition coefficient (Wildman–Crippen LogP) is 3.87. The number of hydrogen-bond acceptors (Lipinski definition) is 5. The summed E-state index contributed by atoms with van der Waals surface area (Å²) < 4.78 is 41.5. The molecule has 3 aromatic rings. The van der Waals surface area contributed by atoms with Crippen LogP contribution in [0.5, 0.6) is 0 Å². The minimum absolute atomic E-state index is 0.0906. The molecule has 31 heavy (non-hydrogen) atoms. The third-order valence-electron chi connectivity index (χ3n) is 4.79. The van der Waals surface area contributed by atoms with E-state index in [1.807, 2.05) is 0 Å². The van der Waals surface area contributed by atoms with Crippen molar-refractivity contribution in [2.75, 3.05) is 5.32 Å². The van der Waals surface area contributed by atoms with Gasteiger partial charge in [0, 0.05) is 0 Å². The number of carbonyl (C=O) groups excluding carboxylic acids is 1. The van der Waals surface area contributed by atoms with E-state index in [1.165, 1.54) is 22.4 Å². The summed E-state index contributed by atoms with van der Waals surface area (Å²) in [5, 5.41) is 21.7. The van der Waals surface area contributed by atoms with E-state index in [-0.39, 0.29) is 12.2 Å². The summed E-state index contributed by atoms with van der Waals surface area (Å²) in [5.74, 6) is -0.470. The summed E-state index contributed by atoms with van der Waals surface area (Å²) in [5.41, 5.74) is 0.891. The molecule has 0 saturated heterocycles. The molecule has 2 aromatic heterocycles. The summed E-state index contributed by atoms with van der Waals surface area (Å²) in [4.78, 5) is 22.8. The minimum Gasteiger partial charge on any atom is -0.321 e. The maximum atomic E-state index is 12.9. The Morgan fingerprint density at radius 1 is 1.32 bits per heavy atom. The number of amides is 1. The smallest absolute Gasteiger partial charge is 0.321 e. The second-order valence-corrected chi connectivity index (χ2v) is 7.00. The van der Waals surface area contributed by atoms with E-state index in [4.69, 9.17) is 0 Å². The Labute approximate surface area is 174 Å². The van der Waals surface area contributed by atoms with Gasteiger partial charge in [-0.15, -0.1) is 0 Å². The van der Waals surface area contributed by atoms with Gasteiger partial charge in [0.15, 0.2) is 0 Å². The fourth-order valence-corrected chi connectivity index (χ4v) is 3.03. The SMILES string of the molecule is Cc1nn(Cc2cccc(C(F)(F)F)c2)c(C)c1NC(=O)C(C)n1cc([N+](=O)[O-])cn1. The Morgan fingerprint density at radius 2 is 2.03 bits per heavy atom. The zero-order valence-corrected chi connectivity index (χ0v) is 16.8. The van der Waals surface area contributed by atoms with Crippen LogP contribution >= 0.6 is 0 Å². The van der Waals surface area contributed by atoms with Gasteiger partial charge in [-0.2, -0.15) is 23.4 Å². The lowest BCUT2D eigenvalue weighted by Crippen LogP contribution is -2.24. The lowest BCUT2D eigenvalue weighted by molar-refractivity contribution is -0.385. The first-order chi connectivity index (χ1) is 14.5. The van der Waals surface area contributed by atoms with Gasteiger partial charge in [0.25, 0.3) is 0 Å². The molecule has 0 saturated carbocycles. The summed E-state index contributed by atoms with van der Waals surface area (Å²) in [6.07, 6.45) is -2.24. The predicted molar refractivity (Wildman–Crippen MR) is 104 cm³/mol. The summed E-state index contributed by atoms with van der Waals surface area (Å²) in [6, 6.07) is 4.12. The number of halogens is 3. The third kappa shape index (κ3) is 4.73. The highest BCUT2D eigenvalue weighted by Gasteiger charge is 2.30. The van der Waals surface area contributed by atoms with Crippen LogP contribution < -0.4 is 5.32 Å². The molecule has 1 N–H and O–H groups in total. The molecular formula is C19H19F3N6O3.